The van der Waals surface area contributed by atoms with E-state index < -0.39 is 0 Å². The molecule has 2 aliphatic rings. The average Bonchev–Trinajstić information content (AvgIpc) is 3.09. The predicted octanol–water partition coefficient (Wildman–Crippen LogP) is 1.68. The van der Waals surface area contributed by atoms with Crippen molar-refractivity contribution in [3.63, 3.8) is 0 Å². The lowest BCUT2D eigenvalue weighted by Gasteiger charge is -2.12. The lowest BCUT2D eigenvalue weighted by atomic mass is 10.1. The van der Waals surface area contributed by atoms with E-state index in [9.17, 15) is 14.4 Å². The highest BCUT2D eigenvalue weighted by molar-refractivity contribution is 6.64. The van der Waals surface area contributed by atoms with Crippen molar-refractivity contribution in [2.24, 2.45) is 11.8 Å². The van der Waals surface area contributed by atoms with Crippen LogP contribution in [0.5, 0.6) is 0 Å². The maximum Gasteiger partial charge on any atom is 0.261 e. The monoisotopic (exact) mass is 263 g/mol. The number of carbonyl (C=O) groups is 3. The molecule has 5 heteroatoms. The van der Waals surface area contributed by atoms with E-state index in [1.807, 2.05) is 0 Å². The molecule has 0 saturated heterocycles. The van der Waals surface area contributed by atoms with Crippen molar-refractivity contribution in [3.05, 3.63) is 35.4 Å². The zero-order valence-electron chi connectivity index (χ0n) is 9.43. The van der Waals surface area contributed by atoms with Crippen LogP contribution in [-0.2, 0) is 4.79 Å². The second kappa shape index (κ2) is 3.92. The molecule has 1 heterocycles. The van der Waals surface area contributed by atoms with Crippen LogP contribution in [0, 0.1) is 11.8 Å². The lowest BCUT2D eigenvalue weighted by molar-refractivity contribution is -0.113. The molecule has 4 nitrogen and oxygen atoms in total. The van der Waals surface area contributed by atoms with Gasteiger partial charge in [-0.05, 0) is 36.1 Å². The van der Waals surface area contributed by atoms with Crippen LogP contribution in [0.15, 0.2) is 24.3 Å². The molecule has 1 fully saturated rings. The molecule has 18 heavy (non-hydrogen) atoms. The van der Waals surface area contributed by atoms with Crippen LogP contribution < -0.4 is 0 Å². The third-order valence-corrected chi connectivity index (χ3v) is 3.79. The summed E-state index contributed by atoms with van der Waals surface area (Å²) >= 11 is 5.39. The van der Waals surface area contributed by atoms with Crippen LogP contribution in [0.25, 0.3) is 0 Å². The number of amides is 2. The second-order valence-corrected chi connectivity index (χ2v) is 5.05. The fraction of sp³-hybridized carbons (Fsp3) is 0.308. The molecule has 92 valence electrons. The molecule has 1 aliphatic heterocycles. The number of rotatable bonds is 3. The Morgan fingerprint density at radius 1 is 1.22 bits per heavy atom. The molecule has 1 aromatic rings. The summed E-state index contributed by atoms with van der Waals surface area (Å²) in [6.45, 7) is 0.287. The van der Waals surface area contributed by atoms with Gasteiger partial charge >= 0.3 is 0 Å². The van der Waals surface area contributed by atoms with Gasteiger partial charge in [0.1, 0.15) is 0 Å². The summed E-state index contributed by atoms with van der Waals surface area (Å²) in [6.07, 6.45) is 0.662. The maximum atomic E-state index is 12.0. The zero-order chi connectivity index (χ0) is 12.9. The van der Waals surface area contributed by atoms with Gasteiger partial charge in [0, 0.05) is 12.5 Å². The molecule has 0 aromatic heterocycles. The molecule has 0 radical (unpaired) electrons. The van der Waals surface area contributed by atoms with E-state index in [4.69, 9.17) is 11.6 Å². The summed E-state index contributed by atoms with van der Waals surface area (Å²) in [4.78, 5) is 36.2. The van der Waals surface area contributed by atoms with Gasteiger partial charge in [-0.15, -0.1) is 0 Å². The van der Waals surface area contributed by atoms with Gasteiger partial charge in [0.25, 0.3) is 11.8 Å². The minimum atomic E-state index is -0.378. The summed E-state index contributed by atoms with van der Waals surface area (Å²) in [5.41, 5.74) is 0.883. The Kier molecular flexibility index (Phi) is 2.48. The van der Waals surface area contributed by atoms with Crippen molar-refractivity contribution in [2.75, 3.05) is 6.54 Å². The molecule has 1 aromatic carbocycles. The Bertz CT molecular complexity index is 534. The van der Waals surface area contributed by atoms with Crippen LogP contribution >= 0.6 is 11.6 Å². The Morgan fingerprint density at radius 3 is 2.22 bits per heavy atom. The highest BCUT2D eigenvalue weighted by atomic mass is 35.5. The number of benzene rings is 1. The van der Waals surface area contributed by atoms with Gasteiger partial charge in [-0.25, -0.2) is 0 Å². The highest BCUT2D eigenvalue weighted by Crippen LogP contribution is 2.41. The number of halogens is 1. The molecule has 0 N–H and O–H groups in total. The summed E-state index contributed by atoms with van der Waals surface area (Å²) in [6, 6.07) is 6.75. The summed E-state index contributed by atoms with van der Waals surface area (Å²) in [7, 11) is 0. The van der Waals surface area contributed by atoms with Gasteiger partial charge in [-0.1, -0.05) is 12.1 Å². The van der Waals surface area contributed by atoms with Gasteiger partial charge < -0.3 is 0 Å². The predicted molar refractivity (Wildman–Crippen MR) is 64.3 cm³/mol. The van der Waals surface area contributed by atoms with Crippen molar-refractivity contribution < 1.29 is 14.4 Å². The van der Waals surface area contributed by atoms with Crippen LogP contribution in [0.4, 0.5) is 0 Å². The summed E-state index contributed by atoms with van der Waals surface area (Å²) in [5, 5.41) is -0.378. The molecule has 2 amide bonds. The Labute approximate surface area is 109 Å². The van der Waals surface area contributed by atoms with E-state index in [0.717, 1.165) is 0 Å². The minimum absolute atomic E-state index is 0.0252. The SMILES string of the molecule is O=C(Cl)[C@H]1C[C@H]1CN1C(=O)c2ccccc2C1=O. The standard InChI is InChI=1S/C13H10ClNO3/c14-11(16)10-5-7(10)6-15-12(17)8-3-1-2-4-9(8)13(15)18/h1-4,7,10H,5-6H2/t7-,10-/m0/s1. The highest BCUT2D eigenvalue weighted by Gasteiger charge is 2.46. The van der Waals surface area contributed by atoms with Gasteiger partial charge in [0.05, 0.1) is 11.1 Å². The average molecular weight is 264 g/mol. The summed E-state index contributed by atoms with van der Waals surface area (Å²) < 4.78 is 0. The maximum absolute atomic E-state index is 12.0. The van der Waals surface area contributed by atoms with E-state index in [1.54, 1.807) is 24.3 Å². The van der Waals surface area contributed by atoms with Crippen molar-refractivity contribution in [1.82, 2.24) is 4.90 Å². The van der Waals surface area contributed by atoms with E-state index >= 15 is 0 Å². The normalized spacial score (nSPS) is 25.3. The number of nitrogens with zero attached hydrogens (tertiary/aromatic N) is 1. The first-order chi connectivity index (χ1) is 8.59. The van der Waals surface area contributed by atoms with Gasteiger partial charge in [-0.3, -0.25) is 19.3 Å². The topological polar surface area (TPSA) is 54.5 Å². The third kappa shape index (κ3) is 1.64. The largest absolute Gasteiger partial charge is 0.281 e. The van der Waals surface area contributed by atoms with Crippen molar-refractivity contribution in [2.45, 2.75) is 6.42 Å². The molecule has 0 unspecified atom stereocenters. The lowest BCUT2D eigenvalue weighted by Crippen LogP contribution is -2.32. The van der Waals surface area contributed by atoms with E-state index in [0.29, 0.717) is 17.5 Å². The molecular formula is C13H10ClNO3. The van der Waals surface area contributed by atoms with Crippen LogP contribution in [0.2, 0.25) is 0 Å². The Morgan fingerprint density at radius 2 is 1.78 bits per heavy atom. The van der Waals surface area contributed by atoms with E-state index in [2.05, 4.69) is 0 Å². The molecule has 1 saturated carbocycles. The number of hydrogen-bond donors (Lipinski definition) is 0. The van der Waals surface area contributed by atoms with E-state index in [1.165, 1.54) is 4.90 Å². The van der Waals surface area contributed by atoms with Crippen molar-refractivity contribution in [3.8, 4) is 0 Å². The number of hydrogen-bond acceptors (Lipinski definition) is 3. The minimum Gasteiger partial charge on any atom is -0.281 e. The molecule has 0 bridgehead atoms. The fourth-order valence-electron chi connectivity index (χ4n) is 2.37. The van der Waals surface area contributed by atoms with Gasteiger partial charge in [-0.2, -0.15) is 0 Å². The molecule has 3 rings (SSSR count). The first-order valence-electron chi connectivity index (χ1n) is 5.74. The smallest absolute Gasteiger partial charge is 0.261 e. The number of imide groups is 1. The fourth-order valence-corrected chi connectivity index (χ4v) is 2.63. The Hall–Kier alpha value is -1.68. The number of fused-ring (bicyclic) bond motifs is 1. The van der Waals surface area contributed by atoms with Crippen molar-refractivity contribution >= 4 is 28.7 Å². The second-order valence-electron chi connectivity index (χ2n) is 4.67. The quantitative estimate of drug-likeness (QED) is 0.616. The van der Waals surface area contributed by atoms with Gasteiger partial charge in [0.15, 0.2) is 0 Å². The third-order valence-electron chi connectivity index (χ3n) is 3.51. The Balaban J connectivity index is 1.79. The first kappa shape index (κ1) is 11.4. The summed E-state index contributed by atoms with van der Waals surface area (Å²) in [5.74, 6) is -0.722. The molecule has 0 spiro atoms. The van der Waals surface area contributed by atoms with Crippen LogP contribution in [-0.4, -0.2) is 28.5 Å². The molecular weight excluding hydrogens is 254 g/mol. The van der Waals surface area contributed by atoms with E-state index in [-0.39, 0.29) is 35.4 Å². The zero-order valence-corrected chi connectivity index (χ0v) is 10.2. The van der Waals surface area contributed by atoms with Crippen molar-refractivity contribution in [1.29, 1.82) is 0 Å². The van der Waals surface area contributed by atoms with Gasteiger partial charge in [0.2, 0.25) is 5.24 Å². The van der Waals surface area contributed by atoms with Crippen LogP contribution in [0.1, 0.15) is 27.1 Å². The molecule has 2 atom stereocenters. The van der Waals surface area contributed by atoms with Crippen LogP contribution in [0.3, 0.4) is 0 Å². The molecule has 1 aliphatic carbocycles. The first-order valence-corrected chi connectivity index (χ1v) is 6.12. The number of carbonyl (C=O) groups excluding carboxylic acids is 3.